The van der Waals surface area contributed by atoms with Crippen molar-refractivity contribution in [3.63, 3.8) is 0 Å². The van der Waals surface area contributed by atoms with Gasteiger partial charge in [0.2, 0.25) is 0 Å². The lowest BCUT2D eigenvalue weighted by Gasteiger charge is -2.18. The average Bonchev–Trinajstić information content (AvgIpc) is 3.73. The maximum Gasteiger partial charge on any atom is 0.136 e. The molecule has 0 atom stereocenters. The van der Waals surface area contributed by atoms with Gasteiger partial charge in [0.05, 0.1) is 0 Å². The van der Waals surface area contributed by atoms with E-state index in [1.807, 2.05) is 11.3 Å². The van der Waals surface area contributed by atoms with Crippen molar-refractivity contribution in [3.8, 4) is 33.4 Å². The van der Waals surface area contributed by atoms with E-state index in [9.17, 15) is 0 Å². The van der Waals surface area contributed by atoms with Gasteiger partial charge in [0.25, 0.3) is 0 Å². The number of thiophene rings is 1. The number of hydrogen-bond donors (Lipinski definition) is 0. The first-order valence-electron chi connectivity index (χ1n) is 17.1. The van der Waals surface area contributed by atoms with Crippen molar-refractivity contribution in [2.75, 3.05) is 0 Å². The molecule has 11 rings (SSSR count). The molecule has 9 aromatic carbocycles. The quantitative estimate of drug-likeness (QED) is 0.173. The molecule has 0 saturated heterocycles. The average molecular weight is 653 g/mol. The summed E-state index contributed by atoms with van der Waals surface area (Å²) >= 11 is 1.86. The third-order valence-corrected chi connectivity index (χ3v) is 11.5. The molecule has 0 amide bonds. The Hall–Kier alpha value is -6.22. The van der Waals surface area contributed by atoms with Crippen molar-refractivity contribution >= 4 is 85.8 Å². The van der Waals surface area contributed by atoms with E-state index in [-0.39, 0.29) is 0 Å². The molecule has 0 aliphatic heterocycles. The van der Waals surface area contributed by atoms with E-state index in [2.05, 4.69) is 170 Å². The summed E-state index contributed by atoms with van der Waals surface area (Å²) in [5, 5.41) is 12.5. The number of rotatable bonds is 3. The zero-order chi connectivity index (χ0) is 32.8. The molecule has 0 aliphatic rings. The first kappa shape index (κ1) is 27.7. The molecule has 0 saturated carbocycles. The predicted molar refractivity (Wildman–Crippen MR) is 215 cm³/mol. The predicted octanol–water partition coefficient (Wildman–Crippen LogP) is 14.4. The topological polar surface area (TPSA) is 13.1 Å². The van der Waals surface area contributed by atoms with Crippen molar-refractivity contribution in [2.24, 2.45) is 0 Å². The lowest BCUT2D eigenvalue weighted by atomic mass is 9.85. The summed E-state index contributed by atoms with van der Waals surface area (Å²) in [4.78, 5) is 0. The summed E-state index contributed by atoms with van der Waals surface area (Å²) in [7, 11) is 0. The van der Waals surface area contributed by atoms with Crippen LogP contribution in [0.15, 0.2) is 174 Å². The van der Waals surface area contributed by atoms with Crippen LogP contribution in [0, 0.1) is 0 Å². The van der Waals surface area contributed by atoms with Crippen LogP contribution in [0.3, 0.4) is 0 Å². The molecule has 2 heteroatoms. The van der Waals surface area contributed by atoms with Crippen LogP contribution >= 0.6 is 11.3 Å². The van der Waals surface area contributed by atoms with Gasteiger partial charge < -0.3 is 4.42 Å². The minimum Gasteiger partial charge on any atom is -0.456 e. The molecule has 1 nitrogen and oxygen atoms in total. The Morgan fingerprint density at radius 3 is 1.68 bits per heavy atom. The van der Waals surface area contributed by atoms with Gasteiger partial charge in [-0.1, -0.05) is 133 Å². The summed E-state index contributed by atoms with van der Waals surface area (Å²) in [6.07, 6.45) is 0. The Balaban J connectivity index is 1.08. The van der Waals surface area contributed by atoms with Gasteiger partial charge >= 0.3 is 0 Å². The number of benzene rings is 9. The van der Waals surface area contributed by atoms with Crippen LogP contribution in [0.2, 0.25) is 0 Å². The summed E-state index contributed by atoms with van der Waals surface area (Å²) in [6, 6.07) is 61.9. The van der Waals surface area contributed by atoms with Crippen LogP contribution in [0.1, 0.15) is 0 Å². The lowest BCUT2D eigenvalue weighted by molar-refractivity contribution is 0.669. The second-order valence-electron chi connectivity index (χ2n) is 13.2. The highest BCUT2D eigenvalue weighted by atomic mass is 32.1. The molecule has 50 heavy (non-hydrogen) atoms. The van der Waals surface area contributed by atoms with E-state index in [1.54, 1.807) is 0 Å². The number of hydrogen-bond acceptors (Lipinski definition) is 2. The molecule has 2 aromatic heterocycles. The van der Waals surface area contributed by atoms with Crippen molar-refractivity contribution in [2.45, 2.75) is 0 Å². The molecule has 0 spiro atoms. The molecular formula is C48H28OS. The summed E-state index contributed by atoms with van der Waals surface area (Å²) in [5.41, 5.74) is 9.16. The van der Waals surface area contributed by atoms with E-state index in [4.69, 9.17) is 4.42 Å². The molecule has 0 aliphatic carbocycles. The molecule has 0 radical (unpaired) electrons. The molecule has 0 bridgehead atoms. The summed E-state index contributed by atoms with van der Waals surface area (Å²) in [5.74, 6) is 0. The van der Waals surface area contributed by atoms with E-state index < -0.39 is 0 Å². The Morgan fingerprint density at radius 1 is 0.320 bits per heavy atom. The zero-order valence-corrected chi connectivity index (χ0v) is 27.8. The molecule has 0 N–H and O–H groups in total. The normalized spacial score (nSPS) is 12.0. The first-order valence-corrected chi connectivity index (χ1v) is 17.9. The van der Waals surface area contributed by atoms with Gasteiger partial charge in [-0.15, -0.1) is 11.3 Å². The fourth-order valence-corrected chi connectivity index (χ4v) is 9.35. The van der Waals surface area contributed by atoms with Crippen molar-refractivity contribution in [1.29, 1.82) is 0 Å². The highest BCUT2D eigenvalue weighted by molar-refractivity contribution is 7.26. The second-order valence-corrected chi connectivity index (χ2v) is 14.3. The van der Waals surface area contributed by atoms with E-state index in [0.717, 1.165) is 22.1 Å². The fourth-order valence-electron chi connectivity index (χ4n) is 8.20. The maximum atomic E-state index is 6.64. The monoisotopic (exact) mass is 652 g/mol. The number of fused-ring (bicyclic) bond motifs is 10. The number of furan rings is 1. The van der Waals surface area contributed by atoms with Crippen LogP contribution in [-0.4, -0.2) is 0 Å². The Kier molecular flexibility index (Phi) is 5.89. The van der Waals surface area contributed by atoms with Crippen LogP contribution in [0.25, 0.3) is 108 Å². The minimum absolute atomic E-state index is 0.915. The zero-order valence-electron chi connectivity index (χ0n) is 27.0. The SMILES string of the molecule is c1ccc(-c2c3ccccc3c(-c3cccc(-c4ccc5c(c4)oc4cc6c(cc45)sc4ccc5ccccc5c46)c3)c3ccccc23)cc1. The molecule has 2 heterocycles. The van der Waals surface area contributed by atoms with E-state index in [0.29, 0.717) is 0 Å². The van der Waals surface area contributed by atoms with Gasteiger partial charge in [-0.2, -0.15) is 0 Å². The highest BCUT2D eigenvalue weighted by Gasteiger charge is 2.18. The van der Waals surface area contributed by atoms with E-state index >= 15 is 0 Å². The van der Waals surface area contributed by atoms with Crippen LogP contribution in [0.4, 0.5) is 0 Å². The van der Waals surface area contributed by atoms with Crippen molar-refractivity contribution in [3.05, 3.63) is 170 Å². The third-order valence-electron chi connectivity index (χ3n) is 10.4. The summed E-state index contributed by atoms with van der Waals surface area (Å²) in [6.45, 7) is 0. The Morgan fingerprint density at radius 2 is 0.920 bits per heavy atom. The molecule has 11 aromatic rings. The van der Waals surface area contributed by atoms with Crippen molar-refractivity contribution in [1.82, 2.24) is 0 Å². The largest absolute Gasteiger partial charge is 0.456 e. The lowest BCUT2D eigenvalue weighted by Crippen LogP contribution is -1.91. The first-order chi connectivity index (χ1) is 24.8. The van der Waals surface area contributed by atoms with Gasteiger partial charge in [0, 0.05) is 30.9 Å². The molecule has 0 fully saturated rings. The second kappa shape index (κ2) is 10.6. The minimum atomic E-state index is 0.915. The van der Waals surface area contributed by atoms with Gasteiger partial charge in [-0.25, -0.2) is 0 Å². The Labute approximate surface area is 292 Å². The van der Waals surface area contributed by atoms with Crippen LogP contribution < -0.4 is 0 Å². The van der Waals surface area contributed by atoms with Crippen LogP contribution in [0.5, 0.6) is 0 Å². The van der Waals surface area contributed by atoms with E-state index in [1.165, 1.54) is 85.7 Å². The highest BCUT2D eigenvalue weighted by Crippen LogP contribution is 2.45. The van der Waals surface area contributed by atoms with Gasteiger partial charge in [-0.05, 0) is 102 Å². The van der Waals surface area contributed by atoms with Crippen molar-refractivity contribution < 1.29 is 4.42 Å². The fraction of sp³-hybridized carbons (Fsp3) is 0. The summed E-state index contributed by atoms with van der Waals surface area (Å²) < 4.78 is 9.25. The molecule has 0 unspecified atom stereocenters. The van der Waals surface area contributed by atoms with Gasteiger partial charge in [-0.3, -0.25) is 0 Å². The molecule has 232 valence electrons. The smallest absolute Gasteiger partial charge is 0.136 e. The Bertz CT molecular complexity index is 3090. The maximum absolute atomic E-state index is 6.64. The van der Waals surface area contributed by atoms with Gasteiger partial charge in [0.15, 0.2) is 0 Å². The van der Waals surface area contributed by atoms with Gasteiger partial charge in [0.1, 0.15) is 11.2 Å². The van der Waals surface area contributed by atoms with Crippen LogP contribution in [-0.2, 0) is 0 Å². The molecular weight excluding hydrogens is 625 g/mol. The third kappa shape index (κ3) is 4.06. The standard InChI is InChI=1S/C48H28OS/c1-2-12-30(13-3-1)46-36-17-6-8-19-38(36)47(39-20-9-7-18-37(39)46)33-15-10-14-31(25-33)32-21-23-35-40-28-45-41(27-43(40)49-42(35)26-32)48-34-16-5-4-11-29(34)22-24-44(48)50-45/h1-28H.